The minimum absolute atomic E-state index is 0.104. The third-order valence-corrected chi connectivity index (χ3v) is 2.46. The second-order valence-corrected chi connectivity index (χ2v) is 3.66. The summed E-state index contributed by atoms with van der Waals surface area (Å²) in [5, 5.41) is 18.2. The maximum absolute atomic E-state index is 9.39. The molecule has 4 nitrogen and oxygen atoms in total. The SMILES string of the molecule is CCOc1ccc(-c2cc(C#N)c(O)cn2)cc1. The highest BCUT2D eigenvalue weighted by atomic mass is 16.5. The first-order valence-corrected chi connectivity index (χ1v) is 5.57. The lowest BCUT2D eigenvalue weighted by Crippen LogP contribution is -1.91. The fourth-order valence-corrected chi connectivity index (χ4v) is 1.58. The molecule has 0 bridgehead atoms. The third-order valence-electron chi connectivity index (χ3n) is 2.46. The Morgan fingerprint density at radius 1 is 1.33 bits per heavy atom. The van der Waals surface area contributed by atoms with Crippen LogP contribution in [-0.4, -0.2) is 16.7 Å². The Morgan fingerprint density at radius 3 is 2.67 bits per heavy atom. The van der Waals surface area contributed by atoms with Crippen LogP contribution in [0.2, 0.25) is 0 Å². The standard InChI is InChI=1S/C14H12N2O2/c1-2-18-12-5-3-10(4-6-12)13-7-11(8-15)14(17)9-16-13/h3-7,9,17H,2H2,1H3. The molecule has 0 amide bonds. The van der Waals surface area contributed by atoms with Crippen molar-refractivity contribution in [2.24, 2.45) is 0 Å². The number of aromatic hydroxyl groups is 1. The topological polar surface area (TPSA) is 66.1 Å². The Hall–Kier alpha value is -2.54. The van der Waals surface area contributed by atoms with Crippen molar-refractivity contribution in [3.05, 3.63) is 42.1 Å². The molecule has 0 saturated heterocycles. The highest BCUT2D eigenvalue weighted by molar-refractivity contribution is 5.63. The van der Waals surface area contributed by atoms with Crippen molar-refractivity contribution in [1.29, 1.82) is 5.26 Å². The number of benzene rings is 1. The number of rotatable bonds is 3. The Morgan fingerprint density at radius 2 is 2.06 bits per heavy atom. The Labute approximate surface area is 105 Å². The molecular formula is C14H12N2O2. The molecule has 1 heterocycles. The molecule has 90 valence electrons. The molecule has 1 aromatic heterocycles. The van der Waals surface area contributed by atoms with Gasteiger partial charge in [0.25, 0.3) is 0 Å². The van der Waals surface area contributed by atoms with Gasteiger partial charge in [-0.3, -0.25) is 4.98 Å². The molecule has 2 aromatic rings. The minimum atomic E-state index is -0.104. The second-order valence-electron chi connectivity index (χ2n) is 3.66. The first-order valence-electron chi connectivity index (χ1n) is 5.57. The smallest absolute Gasteiger partial charge is 0.151 e. The van der Waals surface area contributed by atoms with Gasteiger partial charge in [0, 0.05) is 5.56 Å². The maximum atomic E-state index is 9.39. The zero-order chi connectivity index (χ0) is 13.0. The summed E-state index contributed by atoms with van der Waals surface area (Å²) < 4.78 is 5.35. The lowest BCUT2D eigenvalue weighted by molar-refractivity contribution is 0.340. The second kappa shape index (κ2) is 5.19. The van der Waals surface area contributed by atoms with Crippen LogP contribution in [0.3, 0.4) is 0 Å². The van der Waals surface area contributed by atoms with Crippen molar-refractivity contribution in [2.45, 2.75) is 6.92 Å². The molecule has 0 aliphatic carbocycles. The van der Waals surface area contributed by atoms with E-state index in [2.05, 4.69) is 4.98 Å². The van der Waals surface area contributed by atoms with E-state index in [0.29, 0.717) is 12.3 Å². The maximum Gasteiger partial charge on any atom is 0.151 e. The van der Waals surface area contributed by atoms with Crippen LogP contribution >= 0.6 is 0 Å². The first-order chi connectivity index (χ1) is 8.74. The van der Waals surface area contributed by atoms with E-state index in [9.17, 15) is 5.11 Å². The van der Waals surface area contributed by atoms with Gasteiger partial charge in [0.05, 0.1) is 24.1 Å². The number of hydrogen-bond donors (Lipinski definition) is 1. The molecule has 0 aliphatic rings. The van der Waals surface area contributed by atoms with Gasteiger partial charge in [-0.1, -0.05) is 0 Å². The van der Waals surface area contributed by atoms with Crippen LogP contribution in [0.4, 0.5) is 0 Å². The molecule has 4 heteroatoms. The predicted molar refractivity (Wildman–Crippen MR) is 67.2 cm³/mol. The lowest BCUT2D eigenvalue weighted by atomic mass is 10.1. The van der Waals surface area contributed by atoms with E-state index in [1.807, 2.05) is 37.3 Å². The van der Waals surface area contributed by atoms with Gasteiger partial charge in [-0.15, -0.1) is 0 Å². The Balaban J connectivity index is 2.34. The van der Waals surface area contributed by atoms with Crippen molar-refractivity contribution in [3.8, 4) is 28.8 Å². The van der Waals surface area contributed by atoms with E-state index in [1.54, 1.807) is 6.07 Å². The van der Waals surface area contributed by atoms with Gasteiger partial charge in [-0.25, -0.2) is 0 Å². The largest absolute Gasteiger partial charge is 0.505 e. The normalized spacial score (nSPS) is 9.78. The van der Waals surface area contributed by atoms with E-state index in [4.69, 9.17) is 10.00 Å². The van der Waals surface area contributed by atoms with E-state index < -0.39 is 0 Å². The van der Waals surface area contributed by atoms with Gasteiger partial charge in [0.15, 0.2) is 5.75 Å². The molecule has 0 unspecified atom stereocenters. The molecule has 1 N–H and O–H groups in total. The number of aromatic nitrogens is 1. The van der Waals surface area contributed by atoms with Crippen molar-refractivity contribution in [3.63, 3.8) is 0 Å². The highest BCUT2D eigenvalue weighted by Crippen LogP contribution is 2.24. The van der Waals surface area contributed by atoms with Crippen LogP contribution < -0.4 is 4.74 Å². The van der Waals surface area contributed by atoms with Crippen LogP contribution in [0.1, 0.15) is 12.5 Å². The fourth-order valence-electron chi connectivity index (χ4n) is 1.58. The fraction of sp³-hybridized carbons (Fsp3) is 0.143. The van der Waals surface area contributed by atoms with Gasteiger partial charge < -0.3 is 9.84 Å². The molecule has 0 fully saturated rings. The third kappa shape index (κ3) is 2.41. The number of hydrogen-bond acceptors (Lipinski definition) is 4. The monoisotopic (exact) mass is 240 g/mol. The average Bonchev–Trinajstić information content (AvgIpc) is 2.41. The molecule has 18 heavy (non-hydrogen) atoms. The number of pyridine rings is 1. The summed E-state index contributed by atoms with van der Waals surface area (Å²) in [7, 11) is 0. The van der Waals surface area contributed by atoms with E-state index >= 15 is 0 Å². The summed E-state index contributed by atoms with van der Waals surface area (Å²) >= 11 is 0. The van der Waals surface area contributed by atoms with Crippen molar-refractivity contribution < 1.29 is 9.84 Å². The zero-order valence-electron chi connectivity index (χ0n) is 9.92. The minimum Gasteiger partial charge on any atom is -0.505 e. The summed E-state index contributed by atoms with van der Waals surface area (Å²) in [6, 6.07) is 10.9. The van der Waals surface area contributed by atoms with E-state index in [-0.39, 0.29) is 11.3 Å². The molecular weight excluding hydrogens is 228 g/mol. The van der Waals surface area contributed by atoms with Crippen molar-refractivity contribution in [1.82, 2.24) is 4.98 Å². The van der Waals surface area contributed by atoms with Gasteiger partial charge in [-0.05, 0) is 37.3 Å². The summed E-state index contributed by atoms with van der Waals surface area (Å²) in [4.78, 5) is 4.09. The van der Waals surface area contributed by atoms with Crippen LogP contribution in [0.15, 0.2) is 36.5 Å². The summed E-state index contributed by atoms with van der Waals surface area (Å²) in [6.07, 6.45) is 1.28. The van der Waals surface area contributed by atoms with Gasteiger partial charge in [-0.2, -0.15) is 5.26 Å². The van der Waals surface area contributed by atoms with E-state index in [0.717, 1.165) is 11.3 Å². The highest BCUT2D eigenvalue weighted by Gasteiger charge is 2.05. The quantitative estimate of drug-likeness (QED) is 0.895. The molecule has 0 aliphatic heterocycles. The zero-order valence-corrected chi connectivity index (χ0v) is 9.92. The summed E-state index contributed by atoms with van der Waals surface area (Å²) in [6.45, 7) is 2.55. The summed E-state index contributed by atoms with van der Waals surface area (Å²) in [5.41, 5.74) is 1.73. The number of nitrogens with zero attached hydrogens (tertiary/aromatic N) is 2. The molecule has 0 saturated carbocycles. The van der Waals surface area contributed by atoms with Gasteiger partial charge >= 0.3 is 0 Å². The molecule has 0 atom stereocenters. The first kappa shape index (κ1) is 11.9. The van der Waals surface area contributed by atoms with E-state index in [1.165, 1.54) is 6.20 Å². The van der Waals surface area contributed by atoms with Crippen molar-refractivity contribution in [2.75, 3.05) is 6.61 Å². The van der Waals surface area contributed by atoms with Crippen LogP contribution in [0.5, 0.6) is 11.5 Å². The molecule has 1 aromatic carbocycles. The predicted octanol–water partition coefficient (Wildman–Crippen LogP) is 2.72. The number of ether oxygens (including phenoxy) is 1. The number of nitriles is 1. The van der Waals surface area contributed by atoms with Gasteiger partial charge in [0.2, 0.25) is 0 Å². The average molecular weight is 240 g/mol. The van der Waals surface area contributed by atoms with Gasteiger partial charge in [0.1, 0.15) is 11.8 Å². The van der Waals surface area contributed by atoms with Crippen LogP contribution in [0.25, 0.3) is 11.3 Å². The lowest BCUT2D eigenvalue weighted by Gasteiger charge is -2.05. The molecule has 2 rings (SSSR count). The Kier molecular flexibility index (Phi) is 3.44. The molecule has 0 spiro atoms. The van der Waals surface area contributed by atoms with Crippen LogP contribution in [-0.2, 0) is 0 Å². The van der Waals surface area contributed by atoms with Crippen LogP contribution in [0, 0.1) is 11.3 Å². The summed E-state index contributed by atoms with van der Waals surface area (Å²) in [5.74, 6) is 0.688. The molecule has 0 radical (unpaired) electrons. The Bertz CT molecular complexity index is 586. The van der Waals surface area contributed by atoms with Crippen molar-refractivity contribution >= 4 is 0 Å².